The Hall–Kier alpha value is -1.13. The van der Waals surface area contributed by atoms with E-state index in [9.17, 15) is 4.39 Å². The number of hydrogen-bond donors (Lipinski definition) is 2. The van der Waals surface area contributed by atoms with Crippen molar-refractivity contribution in [3.05, 3.63) is 30.1 Å². The van der Waals surface area contributed by atoms with Gasteiger partial charge in [-0.2, -0.15) is 0 Å². The van der Waals surface area contributed by atoms with Gasteiger partial charge in [0.2, 0.25) is 0 Å². The summed E-state index contributed by atoms with van der Waals surface area (Å²) in [5.74, 6) is 0.995. The SMILES string of the molecule is CCNC(=NCC(CC)Oc1cccc(F)c1)NCCCCOCCOC.I. The average molecular weight is 511 g/mol. The zero-order valence-electron chi connectivity index (χ0n) is 17.2. The Morgan fingerprint density at radius 1 is 1.14 bits per heavy atom. The van der Waals surface area contributed by atoms with Crippen molar-refractivity contribution in [2.24, 2.45) is 4.99 Å². The number of guanidine groups is 1. The summed E-state index contributed by atoms with van der Waals surface area (Å²) in [7, 11) is 1.67. The van der Waals surface area contributed by atoms with E-state index in [1.54, 1.807) is 19.2 Å². The molecule has 28 heavy (non-hydrogen) atoms. The normalized spacial score (nSPS) is 12.2. The summed E-state index contributed by atoms with van der Waals surface area (Å²) >= 11 is 0. The van der Waals surface area contributed by atoms with E-state index in [4.69, 9.17) is 14.2 Å². The fourth-order valence-electron chi connectivity index (χ4n) is 2.30. The highest BCUT2D eigenvalue weighted by molar-refractivity contribution is 14.0. The first-order chi connectivity index (χ1) is 13.2. The third-order valence-electron chi connectivity index (χ3n) is 3.79. The van der Waals surface area contributed by atoms with Gasteiger partial charge in [0.15, 0.2) is 5.96 Å². The maximum atomic E-state index is 13.3. The number of nitrogens with zero attached hydrogens (tertiary/aromatic N) is 1. The fourth-order valence-corrected chi connectivity index (χ4v) is 2.30. The third kappa shape index (κ3) is 13.1. The minimum Gasteiger partial charge on any atom is -0.488 e. The predicted molar refractivity (Wildman–Crippen MR) is 122 cm³/mol. The van der Waals surface area contributed by atoms with Crippen LogP contribution in [0.1, 0.15) is 33.1 Å². The van der Waals surface area contributed by atoms with Gasteiger partial charge in [0.05, 0.1) is 19.8 Å². The molecule has 162 valence electrons. The number of methoxy groups -OCH3 is 1. The van der Waals surface area contributed by atoms with Crippen molar-refractivity contribution in [1.29, 1.82) is 0 Å². The first kappa shape index (κ1) is 26.9. The van der Waals surface area contributed by atoms with Crippen LogP contribution in [-0.4, -0.2) is 58.6 Å². The van der Waals surface area contributed by atoms with Crippen LogP contribution in [-0.2, 0) is 9.47 Å². The number of unbranched alkanes of at least 4 members (excludes halogenated alkanes) is 1. The van der Waals surface area contributed by atoms with E-state index >= 15 is 0 Å². The molecule has 0 radical (unpaired) electrons. The van der Waals surface area contributed by atoms with E-state index in [0.29, 0.717) is 25.5 Å². The van der Waals surface area contributed by atoms with Gasteiger partial charge in [-0.1, -0.05) is 13.0 Å². The summed E-state index contributed by atoms with van der Waals surface area (Å²) in [5.41, 5.74) is 0. The number of hydrogen-bond acceptors (Lipinski definition) is 4. The molecule has 0 fully saturated rings. The second-order valence-electron chi connectivity index (χ2n) is 6.06. The lowest BCUT2D eigenvalue weighted by Gasteiger charge is -2.17. The predicted octanol–water partition coefficient (Wildman–Crippen LogP) is 3.60. The molecule has 0 heterocycles. The van der Waals surface area contributed by atoms with Crippen LogP contribution in [0, 0.1) is 5.82 Å². The summed E-state index contributed by atoms with van der Waals surface area (Å²) < 4.78 is 29.5. The highest BCUT2D eigenvalue weighted by Crippen LogP contribution is 2.15. The molecule has 1 rings (SSSR count). The number of rotatable bonds is 14. The van der Waals surface area contributed by atoms with Gasteiger partial charge in [0, 0.05) is 32.9 Å². The molecule has 1 atom stereocenters. The maximum Gasteiger partial charge on any atom is 0.191 e. The van der Waals surface area contributed by atoms with Gasteiger partial charge in [-0.25, -0.2) is 9.38 Å². The fraction of sp³-hybridized carbons (Fsp3) is 0.650. The van der Waals surface area contributed by atoms with Gasteiger partial charge in [-0.15, -0.1) is 24.0 Å². The van der Waals surface area contributed by atoms with Crippen molar-refractivity contribution >= 4 is 29.9 Å². The largest absolute Gasteiger partial charge is 0.488 e. The number of nitrogens with one attached hydrogen (secondary N) is 2. The number of halogens is 2. The molecule has 0 bridgehead atoms. The monoisotopic (exact) mass is 511 g/mol. The lowest BCUT2D eigenvalue weighted by molar-refractivity contribution is 0.0689. The Morgan fingerprint density at radius 3 is 2.64 bits per heavy atom. The zero-order valence-corrected chi connectivity index (χ0v) is 19.5. The topological polar surface area (TPSA) is 64.1 Å². The molecule has 1 aromatic carbocycles. The summed E-state index contributed by atoms with van der Waals surface area (Å²) in [6.45, 7) is 8.17. The number of ether oxygens (including phenoxy) is 3. The van der Waals surface area contributed by atoms with E-state index in [1.807, 2.05) is 13.8 Å². The van der Waals surface area contributed by atoms with Crippen LogP contribution < -0.4 is 15.4 Å². The van der Waals surface area contributed by atoms with Gasteiger partial charge in [0.1, 0.15) is 17.7 Å². The quantitative estimate of drug-likeness (QED) is 0.173. The lowest BCUT2D eigenvalue weighted by atomic mass is 10.2. The Labute approximate surface area is 185 Å². The summed E-state index contributed by atoms with van der Waals surface area (Å²) in [6.07, 6.45) is 2.67. The molecule has 1 aromatic rings. The molecule has 0 aliphatic heterocycles. The number of benzene rings is 1. The molecule has 0 amide bonds. The minimum atomic E-state index is -0.299. The van der Waals surface area contributed by atoms with E-state index in [-0.39, 0.29) is 35.9 Å². The molecule has 6 nitrogen and oxygen atoms in total. The Morgan fingerprint density at radius 2 is 1.96 bits per heavy atom. The van der Waals surface area contributed by atoms with Crippen LogP contribution in [0.15, 0.2) is 29.3 Å². The van der Waals surface area contributed by atoms with Crippen LogP contribution in [0.5, 0.6) is 5.75 Å². The molecule has 2 N–H and O–H groups in total. The summed E-state index contributed by atoms with van der Waals surface area (Å²) in [6, 6.07) is 6.20. The van der Waals surface area contributed by atoms with Crippen LogP contribution in [0.2, 0.25) is 0 Å². The molecule has 0 saturated carbocycles. The molecule has 0 aromatic heterocycles. The summed E-state index contributed by atoms with van der Waals surface area (Å²) in [5, 5.41) is 6.55. The molecule has 0 aliphatic carbocycles. The van der Waals surface area contributed by atoms with Gasteiger partial charge < -0.3 is 24.8 Å². The van der Waals surface area contributed by atoms with Crippen molar-refractivity contribution in [3.63, 3.8) is 0 Å². The standard InChI is InChI=1S/C20H34FN3O3.HI/c1-4-18(27-19-10-8-9-17(21)15-19)16-24-20(22-5-2)23-11-6-7-12-26-14-13-25-3;/h8-10,15,18H,4-7,11-14,16H2,1-3H3,(H2,22,23,24);1H. The van der Waals surface area contributed by atoms with Gasteiger partial charge in [-0.05, 0) is 38.3 Å². The summed E-state index contributed by atoms with van der Waals surface area (Å²) in [4.78, 5) is 4.59. The van der Waals surface area contributed by atoms with Crippen LogP contribution in [0.25, 0.3) is 0 Å². The van der Waals surface area contributed by atoms with Gasteiger partial charge >= 0.3 is 0 Å². The van der Waals surface area contributed by atoms with E-state index in [2.05, 4.69) is 15.6 Å². The molecule has 0 spiro atoms. The molecule has 1 unspecified atom stereocenters. The highest BCUT2D eigenvalue weighted by atomic mass is 127. The smallest absolute Gasteiger partial charge is 0.191 e. The van der Waals surface area contributed by atoms with Gasteiger partial charge in [-0.3, -0.25) is 0 Å². The zero-order chi connectivity index (χ0) is 19.7. The van der Waals surface area contributed by atoms with Crippen molar-refractivity contribution < 1.29 is 18.6 Å². The highest BCUT2D eigenvalue weighted by Gasteiger charge is 2.09. The Bertz CT molecular complexity index is 535. The molecular weight excluding hydrogens is 476 g/mol. The Balaban J connectivity index is 0.00000729. The van der Waals surface area contributed by atoms with Crippen molar-refractivity contribution in [1.82, 2.24) is 10.6 Å². The van der Waals surface area contributed by atoms with Gasteiger partial charge in [0.25, 0.3) is 0 Å². The van der Waals surface area contributed by atoms with E-state index < -0.39 is 0 Å². The molecule has 8 heteroatoms. The van der Waals surface area contributed by atoms with E-state index in [1.165, 1.54) is 12.1 Å². The first-order valence-corrected chi connectivity index (χ1v) is 9.70. The maximum absolute atomic E-state index is 13.3. The van der Waals surface area contributed by atoms with Crippen LogP contribution in [0.4, 0.5) is 4.39 Å². The van der Waals surface area contributed by atoms with Crippen LogP contribution >= 0.6 is 24.0 Å². The van der Waals surface area contributed by atoms with Crippen LogP contribution in [0.3, 0.4) is 0 Å². The molecular formula is C20H35FIN3O3. The average Bonchev–Trinajstić information content (AvgIpc) is 2.67. The second kappa shape index (κ2) is 17.9. The van der Waals surface area contributed by atoms with E-state index in [0.717, 1.165) is 44.9 Å². The Kier molecular flexibility index (Phi) is 17.2. The number of aliphatic imine (C=N–C) groups is 1. The second-order valence-corrected chi connectivity index (χ2v) is 6.06. The molecule has 0 saturated heterocycles. The van der Waals surface area contributed by atoms with Crippen molar-refractivity contribution in [3.8, 4) is 5.75 Å². The lowest BCUT2D eigenvalue weighted by Crippen LogP contribution is -2.38. The minimum absolute atomic E-state index is 0. The molecule has 0 aliphatic rings. The third-order valence-corrected chi connectivity index (χ3v) is 3.79. The van der Waals surface area contributed by atoms with Crippen molar-refractivity contribution in [2.45, 2.75) is 39.2 Å². The van der Waals surface area contributed by atoms with Crippen molar-refractivity contribution in [2.75, 3.05) is 46.6 Å². The first-order valence-electron chi connectivity index (χ1n) is 9.70.